The Kier molecular flexibility index (Phi) is 6.08. The summed E-state index contributed by atoms with van der Waals surface area (Å²) in [6.07, 6.45) is 14.4. The lowest BCUT2D eigenvalue weighted by molar-refractivity contribution is 0.314. The Hall–Kier alpha value is -0.830. The first kappa shape index (κ1) is 15.6. The minimum Gasteiger partial charge on any atom is -0.330 e. The lowest BCUT2D eigenvalue weighted by atomic mass is 9.96. The molecular weight excluding hydrogens is 246 g/mol. The van der Waals surface area contributed by atoms with Gasteiger partial charge in [-0.2, -0.15) is 0 Å². The van der Waals surface area contributed by atoms with Gasteiger partial charge in [0.05, 0.1) is 12.0 Å². The van der Waals surface area contributed by atoms with E-state index < -0.39 is 0 Å². The standard InChI is InChI=1S/C17H31N3/c1-4-6-10-15(8-5-2)20-13-18-12-17(20)16-11-7-9-14(3)19-16/h12-16,19H,4-11H2,1-3H3. The van der Waals surface area contributed by atoms with Crippen LogP contribution in [0, 0.1) is 0 Å². The fourth-order valence-corrected chi connectivity index (χ4v) is 3.46. The zero-order chi connectivity index (χ0) is 14.4. The third-order valence-electron chi connectivity index (χ3n) is 4.57. The van der Waals surface area contributed by atoms with Gasteiger partial charge in [-0.15, -0.1) is 0 Å². The van der Waals surface area contributed by atoms with E-state index >= 15 is 0 Å². The van der Waals surface area contributed by atoms with Crippen LogP contribution in [0.25, 0.3) is 0 Å². The molecule has 0 aromatic carbocycles. The average molecular weight is 277 g/mol. The summed E-state index contributed by atoms with van der Waals surface area (Å²) < 4.78 is 2.47. The number of hydrogen-bond donors (Lipinski definition) is 1. The topological polar surface area (TPSA) is 29.9 Å². The Bertz CT molecular complexity index is 385. The molecule has 0 saturated carbocycles. The van der Waals surface area contributed by atoms with Gasteiger partial charge in [0.1, 0.15) is 0 Å². The second kappa shape index (κ2) is 7.82. The van der Waals surface area contributed by atoms with E-state index in [1.54, 1.807) is 0 Å². The van der Waals surface area contributed by atoms with Crippen molar-refractivity contribution >= 4 is 0 Å². The monoisotopic (exact) mass is 277 g/mol. The van der Waals surface area contributed by atoms with Gasteiger partial charge in [-0.05, 0) is 39.0 Å². The summed E-state index contributed by atoms with van der Waals surface area (Å²) >= 11 is 0. The summed E-state index contributed by atoms with van der Waals surface area (Å²) in [6.45, 7) is 6.87. The lowest BCUT2D eigenvalue weighted by Gasteiger charge is -2.31. The van der Waals surface area contributed by atoms with Crippen molar-refractivity contribution in [3.63, 3.8) is 0 Å². The molecule has 1 aliphatic heterocycles. The van der Waals surface area contributed by atoms with Gasteiger partial charge >= 0.3 is 0 Å². The molecule has 1 aliphatic rings. The summed E-state index contributed by atoms with van der Waals surface area (Å²) in [5, 5.41) is 3.75. The minimum absolute atomic E-state index is 0.502. The Balaban J connectivity index is 2.12. The van der Waals surface area contributed by atoms with E-state index in [1.807, 2.05) is 0 Å². The highest BCUT2D eigenvalue weighted by Gasteiger charge is 2.24. The second-order valence-electron chi connectivity index (χ2n) is 6.36. The third kappa shape index (κ3) is 3.85. The van der Waals surface area contributed by atoms with Crippen molar-refractivity contribution in [3.8, 4) is 0 Å². The van der Waals surface area contributed by atoms with Crippen molar-refractivity contribution in [1.82, 2.24) is 14.9 Å². The second-order valence-corrected chi connectivity index (χ2v) is 6.36. The van der Waals surface area contributed by atoms with Crippen LogP contribution in [0.5, 0.6) is 0 Å². The van der Waals surface area contributed by atoms with E-state index in [4.69, 9.17) is 0 Å². The van der Waals surface area contributed by atoms with Crippen LogP contribution in [0.15, 0.2) is 12.5 Å². The summed E-state index contributed by atoms with van der Waals surface area (Å²) in [4.78, 5) is 4.46. The highest BCUT2D eigenvalue weighted by atomic mass is 15.1. The van der Waals surface area contributed by atoms with Crippen LogP contribution in [-0.2, 0) is 0 Å². The van der Waals surface area contributed by atoms with Crippen LogP contribution in [-0.4, -0.2) is 15.6 Å². The molecule has 1 saturated heterocycles. The smallest absolute Gasteiger partial charge is 0.0951 e. The number of nitrogens with one attached hydrogen (secondary N) is 1. The van der Waals surface area contributed by atoms with Crippen LogP contribution in [0.1, 0.15) is 89.9 Å². The van der Waals surface area contributed by atoms with Gasteiger partial charge in [-0.1, -0.05) is 33.1 Å². The van der Waals surface area contributed by atoms with E-state index in [1.165, 1.54) is 57.1 Å². The number of unbranched alkanes of at least 4 members (excludes halogenated alkanes) is 1. The molecule has 3 heteroatoms. The molecule has 3 nitrogen and oxygen atoms in total. The molecule has 1 aromatic rings. The Morgan fingerprint density at radius 1 is 1.30 bits per heavy atom. The predicted molar refractivity (Wildman–Crippen MR) is 84.9 cm³/mol. The van der Waals surface area contributed by atoms with Gasteiger partial charge < -0.3 is 9.88 Å². The van der Waals surface area contributed by atoms with Crippen molar-refractivity contribution in [2.45, 2.75) is 90.3 Å². The van der Waals surface area contributed by atoms with Gasteiger partial charge in [0.25, 0.3) is 0 Å². The molecule has 0 aliphatic carbocycles. The highest BCUT2D eigenvalue weighted by molar-refractivity contribution is 5.08. The van der Waals surface area contributed by atoms with Crippen LogP contribution in [0.3, 0.4) is 0 Å². The van der Waals surface area contributed by atoms with E-state index in [-0.39, 0.29) is 0 Å². The minimum atomic E-state index is 0.502. The predicted octanol–water partition coefficient (Wildman–Crippen LogP) is 4.62. The molecule has 1 N–H and O–H groups in total. The number of hydrogen-bond acceptors (Lipinski definition) is 2. The quantitative estimate of drug-likeness (QED) is 0.788. The molecule has 0 amide bonds. The maximum Gasteiger partial charge on any atom is 0.0951 e. The fraction of sp³-hybridized carbons (Fsp3) is 0.824. The van der Waals surface area contributed by atoms with Crippen molar-refractivity contribution in [1.29, 1.82) is 0 Å². The van der Waals surface area contributed by atoms with Gasteiger partial charge in [0.15, 0.2) is 0 Å². The normalized spacial score (nSPS) is 24.8. The van der Waals surface area contributed by atoms with Crippen molar-refractivity contribution in [3.05, 3.63) is 18.2 Å². The van der Waals surface area contributed by atoms with Crippen molar-refractivity contribution in [2.24, 2.45) is 0 Å². The van der Waals surface area contributed by atoms with Gasteiger partial charge in [0.2, 0.25) is 0 Å². The average Bonchev–Trinajstić information content (AvgIpc) is 2.92. The van der Waals surface area contributed by atoms with E-state index in [9.17, 15) is 0 Å². The van der Waals surface area contributed by atoms with Crippen LogP contribution >= 0.6 is 0 Å². The summed E-state index contributed by atoms with van der Waals surface area (Å²) in [7, 11) is 0. The molecule has 1 fully saturated rings. The molecule has 3 unspecified atom stereocenters. The summed E-state index contributed by atoms with van der Waals surface area (Å²) in [6, 6.07) is 1.77. The molecule has 0 radical (unpaired) electrons. The van der Waals surface area contributed by atoms with Crippen LogP contribution in [0.4, 0.5) is 0 Å². The SMILES string of the molecule is CCCCC(CCC)n1cncc1C1CCCC(C)N1. The molecule has 114 valence electrons. The van der Waals surface area contributed by atoms with E-state index in [0.29, 0.717) is 18.1 Å². The summed E-state index contributed by atoms with van der Waals surface area (Å²) in [5.41, 5.74) is 1.41. The van der Waals surface area contributed by atoms with Gasteiger partial charge in [-0.3, -0.25) is 0 Å². The van der Waals surface area contributed by atoms with Gasteiger partial charge in [0, 0.05) is 24.3 Å². The molecule has 2 heterocycles. The van der Waals surface area contributed by atoms with Crippen LogP contribution in [0.2, 0.25) is 0 Å². The molecule has 0 spiro atoms. The highest BCUT2D eigenvalue weighted by Crippen LogP contribution is 2.30. The Morgan fingerprint density at radius 2 is 2.15 bits per heavy atom. The molecular formula is C17H31N3. The van der Waals surface area contributed by atoms with Crippen molar-refractivity contribution in [2.75, 3.05) is 0 Å². The number of aromatic nitrogens is 2. The maximum absolute atomic E-state index is 4.46. The lowest BCUT2D eigenvalue weighted by Crippen LogP contribution is -2.36. The Labute approximate surface area is 124 Å². The molecule has 20 heavy (non-hydrogen) atoms. The summed E-state index contributed by atoms with van der Waals surface area (Å²) in [5.74, 6) is 0. The van der Waals surface area contributed by atoms with E-state index in [2.05, 4.69) is 48.2 Å². The van der Waals surface area contributed by atoms with Crippen molar-refractivity contribution < 1.29 is 0 Å². The zero-order valence-electron chi connectivity index (χ0n) is 13.4. The van der Waals surface area contributed by atoms with E-state index in [0.717, 1.165) is 0 Å². The molecule has 1 aromatic heterocycles. The first-order chi connectivity index (χ1) is 9.76. The molecule has 2 rings (SSSR count). The zero-order valence-corrected chi connectivity index (χ0v) is 13.4. The first-order valence-electron chi connectivity index (χ1n) is 8.54. The maximum atomic E-state index is 4.46. The number of piperidine rings is 1. The Morgan fingerprint density at radius 3 is 2.85 bits per heavy atom. The first-order valence-corrected chi connectivity index (χ1v) is 8.54. The molecule has 0 bridgehead atoms. The number of rotatable bonds is 7. The molecule has 3 atom stereocenters. The number of nitrogens with zero attached hydrogens (tertiary/aromatic N) is 2. The third-order valence-corrected chi connectivity index (χ3v) is 4.57. The number of imidazole rings is 1. The fourth-order valence-electron chi connectivity index (χ4n) is 3.46. The largest absolute Gasteiger partial charge is 0.330 e. The van der Waals surface area contributed by atoms with Gasteiger partial charge in [-0.25, -0.2) is 4.98 Å². The van der Waals surface area contributed by atoms with Crippen LogP contribution < -0.4 is 5.32 Å².